The Labute approximate surface area is 125 Å². The van der Waals surface area contributed by atoms with Crippen molar-refractivity contribution >= 4 is 10.9 Å². The molecule has 0 aliphatic heterocycles. The zero-order valence-electron chi connectivity index (χ0n) is 12.5. The molecule has 0 fully saturated rings. The second kappa shape index (κ2) is 6.06. The standard InChI is InChI=1S/C17H20N4/c1-20(10-9-14-11-18-21(2)12-14)13-16-8-7-15-5-3-4-6-17(15)19-16/h3-8,11-12H,9-10,13H2,1-2H3. The number of rotatable bonds is 5. The zero-order valence-corrected chi connectivity index (χ0v) is 12.5. The van der Waals surface area contributed by atoms with Crippen molar-refractivity contribution in [3.8, 4) is 0 Å². The maximum Gasteiger partial charge on any atom is 0.0705 e. The molecule has 3 aromatic rings. The summed E-state index contributed by atoms with van der Waals surface area (Å²) in [6.45, 7) is 1.87. The highest BCUT2D eigenvalue weighted by Crippen LogP contribution is 2.12. The van der Waals surface area contributed by atoms with Gasteiger partial charge in [0.25, 0.3) is 0 Å². The molecule has 108 valence electrons. The Bertz CT molecular complexity index is 732. The number of benzene rings is 1. The molecule has 0 saturated heterocycles. The number of likely N-dealkylation sites (N-methyl/N-ethyl adjacent to an activating group) is 1. The summed E-state index contributed by atoms with van der Waals surface area (Å²) in [7, 11) is 4.08. The average Bonchev–Trinajstić information content (AvgIpc) is 2.91. The minimum absolute atomic E-state index is 0.866. The molecule has 4 heteroatoms. The van der Waals surface area contributed by atoms with Crippen molar-refractivity contribution in [3.05, 3.63) is 60.0 Å². The van der Waals surface area contributed by atoms with Gasteiger partial charge in [-0.3, -0.25) is 9.67 Å². The number of hydrogen-bond donors (Lipinski definition) is 0. The van der Waals surface area contributed by atoms with Gasteiger partial charge in [0.2, 0.25) is 0 Å². The average molecular weight is 280 g/mol. The van der Waals surface area contributed by atoms with Crippen LogP contribution in [0.5, 0.6) is 0 Å². The van der Waals surface area contributed by atoms with Gasteiger partial charge in [-0.25, -0.2) is 0 Å². The van der Waals surface area contributed by atoms with Gasteiger partial charge < -0.3 is 4.90 Å². The second-order valence-electron chi connectivity index (χ2n) is 5.51. The molecule has 1 aromatic carbocycles. The molecule has 0 spiro atoms. The SMILES string of the molecule is CN(CCc1cnn(C)c1)Cc1ccc2ccccc2n1. The van der Waals surface area contributed by atoms with Crippen LogP contribution in [0.25, 0.3) is 10.9 Å². The first-order valence-electron chi connectivity index (χ1n) is 7.21. The summed E-state index contributed by atoms with van der Waals surface area (Å²) in [6.07, 6.45) is 5.02. The topological polar surface area (TPSA) is 34.0 Å². The minimum atomic E-state index is 0.866. The largest absolute Gasteiger partial charge is 0.300 e. The Morgan fingerprint density at radius 1 is 1.14 bits per heavy atom. The molecule has 3 rings (SSSR count). The van der Waals surface area contributed by atoms with Crippen LogP contribution in [0.4, 0.5) is 0 Å². The highest BCUT2D eigenvalue weighted by atomic mass is 15.2. The summed E-state index contributed by atoms with van der Waals surface area (Å²) in [5.74, 6) is 0. The molecule has 2 heterocycles. The van der Waals surface area contributed by atoms with Crippen molar-refractivity contribution in [3.63, 3.8) is 0 Å². The maximum absolute atomic E-state index is 4.72. The van der Waals surface area contributed by atoms with Crippen LogP contribution in [0.2, 0.25) is 0 Å². The third-order valence-corrected chi connectivity index (χ3v) is 3.63. The Kier molecular flexibility index (Phi) is 3.97. The van der Waals surface area contributed by atoms with Gasteiger partial charge in [-0.1, -0.05) is 24.3 Å². The third kappa shape index (κ3) is 3.47. The van der Waals surface area contributed by atoms with Crippen molar-refractivity contribution in [2.24, 2.45) is 7.05 Å². The molecule has 0 radical (unpaired) electrons. The van der Waals surface area contributed by atoms with Gasteiger partial charge in [0, 0.05) is 31.7 Å². The van der Waals surface area contributed by atoms with E-state index >= 15 is 0 Å². The van der Waals surface area contributed by atoms with Gasteiger partial charge in [0.15, 0.2) is 0 Å². The highest BCUT2D eigenvalue weighted by molar-refractivity contribution is 5.78. The first-order chi connectivity index (χ1) is 10.2. The maximum atomic E-state index is 4.72. The van der Waals surface area contributed by atoms with Crippen LogP contribution < -0.4 is 0 Å². The van der Waals surface area contributed by atoms with Crippen LogP contribution in [-0.2, 0) is 20.0 Å². The number of fused-ring (bicyclic) bond motifs is 1. The van der Waals surface area contributed by atoms with Gasteiger partial charge in [0.1, 0.15) is 0 Å². The fourth-order valence-electron chi connectivity index (χ4n) is 2.47. The van der Waals surface area contributed by atoms with Crippen LogP contribution >= 0.6 is 0 Å². The van der Waals surface area contributed by atoms with Crippen LogP contribution in [0, 0.1) is 0 Å². The number of para-hydroxylation sites is 1. The third-order valence-electron chi connectivity index (χ3n) is 3.63. The summed E-state index contributed by atoms with van der Waals surface area (Å²) in [4.78, 5) is 7.01. The lowest BCUT2D eigenvalue weighted by Gasteiger charge is -2.15. The first-order valence-corrected chi connectivity index (χ1v) is 7.21. The molecule has 0 aliphatic carbocycles. The van der Waals surface area contributed by atoms with Crippen molar-refractivity contribution in [2.75, 3.05) is 13.6 Å². The highest BCUT2D eigenvalue weighted by Gasteiger charge is 2.04. The molecule has 0 saturated carbocycles. The number of nitrogens with zero attached hydrogens (tertiary/aromatic N) is 4. The molecule has 0 N–H and O–H groups in total. The van der Waals surface area contributed by atoms with E-state index in [1.807, 2.05) is 30.1 Å². The smallest absolute Gasteiger partial charge is 0.0705 e. The van der Waals surface area contributed by atoms with Crippen molar-refractivity contribution in [1.82, 2.24) is 19.7 Å². The number of pyridine rings is 1. The van der Waals surface area contributed by atoms with Gasteiger partial charge in [0.05, 0.1) is 17.4 Å². The quantitative estimate of drug-likeness (QED) is 0.720. The molecule has 0 amide bonds. The summed E-state index contributed by atoms with van der Waals surface area (Å²) < 4.78 is 1.85. The second-order valence-corrected chi connectivity index (χ2v) is 5.51. The van der Waals surface area contributed by atoms with Gasteiger partial charge >= 0.3 is 0 Å². The van der Waals surface area contributed by atoms with Crippen LogP contribution in [-0.4, -0.2) is 33.3 Å². The predicted molar refractivity (Wildman–Crippen MR) is 85.0 cm³/mol. The fraction of sp³-hybridized carbons (Fsp3) is 0.294. The Morgan fingerprint density at radius 2 is 2.00 bits per heavy atom. The molecular formula is C17H20N4. The van der Waals surface area contributed by atoms with Gasteiger partial charge in [-0.05, 0) is 31.2 Å². The molecule has 0 unspecified atom stereocenters. The summed E-state index contributed by atoms with van der Waals surface area (Å²) >= 11 is 0. The van der Waals surface area contributed by atoms with Gasteiger partial charge in [-0.15, -0.1) is 0 Å². The Hall–Kier alpha value is -2.20. The van der Waals surface area contributed by atoms with Crippen molar-refractivity contribution in [2.45, 2.75) is 13.0 Å². The van der Waals surface area contributed by atoms with Crippen molar-refractivity contribution in [1.29, 1.82) is 0 Å². The molecule has 0 atom stereocenters. The van der Waals surface area contributed by atoms with E-state index in [-0.39, 0.29) is 0 Å². The van der Waals surface area contributed by atoms with E-state index in [9.17, 15) is 0 Å². The summed E-state index contributed by atoms with van der Waals surface area (Å²) in [5.41, 5.74) is 3.45. The van der Waals surface area contributed by atoms with Crippen molar-refractivity contribution < 1.29 is 0 Å². The van der Waals surface area contributed by atoms with Crippen LogP contribution in [0.1, 0.15) is 11.3 Å². The number of aromatic nitrogens is 3. The number of hydrogen-bond acceptors (Lipinski definition) is 3. The number of aryl methyl sites for hydroxylation is 1. The van der Waals surface area contributed by atoms with Crippen LogP contribution in [0.15, 0.2) is 48.8 Å². The van der Waals surface area contributed by atoms with E-state index in [1.54, 1.807) is 0 Å². The van der Waals surface area contributed by atoms with Crippen LogP contribution in [0.3, 0.4) is 0 Å². The molecule has 21 heavy (non-hydrogen) atoms. The first kappa shape index (κ1) is 13.8. The Morgan fingerprint density at radius 3 is 2.81 bits per heavy atom. The van der Waals surface area contributed by atoms with E-state index in [4.69, 9.17) is 4.98 Å². The zero-order chi connectivity index (χ0) is 14.7. The lowest BCUT2D eigenvalue weighted by atomic mass is 10.2. The monoisotopic (exact) mass is 280 g/mol. The molecule has 0 bridgehead atoms. The summed E-state index contributed by atoms with van der Waals surface area (Å²) in [6, 6.07) is 12.5. The van der Waals surface area contributed by atoms with Gasteiger partial charge in [-0.2, -0.15) is 5.10 Å². The fourth-order valence-corrected chi connectivity index (χ4v) is 2.47. The predicted octanol–water partition coefficient (Wildman–Crippen LogP) is 2.64. The van der Waals surface area contributed by atoms with E-state index in [2.05, 4.69) is 47.5 Å². The van der Waals surface area contributed by atoms with E-state index in [1.165, 1.54) is 10.9 Å². The molecular weight excluding hydrogens is 260 g/mol. The lowest BCUT2D eigenvalue weighted by Crippen LogP contribution is -2.21. The minimum Gasteiger partial charge on any atom is -0.300 e. The van der Waals surface area contributed by atoms with E-state index < -0.39 is 0 Å². The lowest BCUT2D eigenvalue weighted by molar-refractivity contribution is 0.327. The molecule has 4 nitrogen and oxygen atoms in total. The molecule has 0 aliphatic rings. The van der Waals surface area contributed by atoms with E-state index in [0.717, 1.165) is 30.7 Å². The Balaban J connectivity index is 1.61. The normalized spacial score (nSPS) is 11.4. The van der Waals surface area contributed by atoms with E-state index in [0.29, 0.717) is 0 Å². The molecule has 2 aromatic heterocycles. The summed E-state index contributed by atoms with van der Waals surface area (Å²) in [5, 5.41) is 5.39.